The van der Waals surface area contributed by atoms with E-state index >= 15 is 0 Å². The van der Waals surface area contributed by atoms with E-state index in [9.17, 15) is 17.2 Å². The van der Waals surface area contributed by atoms with Crippen molar-refractivity contribution in [2.45, 2.75) is 18.2 Å². The van der Waals surface area contributed by atoms with Crippen molar-refractivity contribution in [1.29, 1.82) is 0 Å². The Morgan fingerprint density at radius 2 is 1.89 bits per heavy atom. The summed E-state index contributed by atoms with van der Waals surface area (Å²) in [4.78, 5) is -0.316. The number of halogens is 2. The van der Waals surface area contributed by atoms with Crippen LogP contribution in [0.1, 0.15) is 13.3 Å². The molecule has 1 aromatic rings. The average Bonchev–Trinajstić information content (AvgIpc) is 2.32. The van der Waals surface area contributed by atoms with Gasteiger partial charge in [-0.05, 0) is 24.6 Å². The summed E-state index contributed by atoms with van der Waals surface area (Å²) in [6.45, 7) is 1.59. The molecule has 0 amide bonds. The van der Waals surface area contributed by atoms with Gasteiger partial charge in [-0.15, -0.1) is 0 Å². The van der Waals surface area contributed by atoms with Crippen molar-refractivity contribution >= 4 is 10.0 Å². The highest BCUT2D eigenvalue weighted by molar-refractivity contribution is 7.89. The number of rotatable bonds is 6. The molecule has 1 rings (SSSR count). The summed E-state index contributed by atoms with van der Waals surface area (Å²) in [6.07, 6.45) is 0.558. The van der Waals surface area contributed by atoms with Gasteiger partial charge in [-0.3, -0.25) is 0 Å². The van der Waals surface area contributed by atoms with E-state index in [2.05, 4.69) is 0 Å². The Bertz CT molecular complexity index is 499. The lowest BCUT2D eigenvalue weighted by molar-refractivity contribution is 0.253. The summed E-state index contributed by atoms with van der Waals surface area (Å²) in [5.41, 5.74) is 0. The van der Waals surface area contributed by atoms with Crippen molar-refractivity contribution < 1.29 is 22.3 Å². The second-order valence-electron chi connectivity index (χ2n) is 3.70. The van der Waals surface area contributed by atoms with Crippen molar-refractivity contribution in [3.63, 3.8) is 0 Å². The van der Waals surface area contributed by atoms with Gasteiger partial charge in [0.1, 0.15) is 0 Å². The van der Waals surface area contributed by atoms with E-state index in [1.165, 1.54) is 0 Å². The maximum Gasteiger partial charge on any atom is 0.243 e. The molecule has 0 aromatic heterocycles. The van der Waals surface area contributed by atoms with Crippen molar-refractivity contribution in [1.82, 2.24) is 4.31 Å². The molecule has 0 radical (unpaired) electrons. The molecule has 0 unspecified atom stereocenters. The topological polar surface area (TPSA) is 57.6 Å². The molecule has 0 aliphatic carbocycles. The monoisotopic (exact) mass is 279 g/mol. The van der Waals surface area contributed by atoms with E-state index in [0.717, 1.165) is 16.4 Å². The molecule has 0 spiro atoms. The average molecular weight is 279 g/mol. The lowest BCUT2D eigenvalue weighted by Crippen LogP contribution is -2.34. The van der Waals surface area contributed by atoms with E-state index in [1.807, 2.05) is 0 Å². The van der Waals surface area contributed by atoms with E-state index < -0.39 is 21.7 Å². The number of aliphatic hydroxyl groups excluding tert-OH is 1. The summed E-state index contributed by atoms with van der Waals surface area (Å²) >= 11 is 0. The van der Waals surface area contributed by atoms with Crippen LogP contribution in [0.4, 0.5) is 8.78 Å². The van der Waals surface area contributed by atoms with E-state index in [1.54, 1.807) is 6.92 Å². The molecule has 0 aliphatic heterocycles. The molecular formula is C11H15F2NO3S. The SMILES string of the molecule is CCCN(CCO)S(=O)(=O)c1ccc(F)c(F)c1. The lowest BCUT2D eigenvalue weighted by Gasteiger charge is -2.20. The predicted molar refractivity (Wildman–Crippen MR) is 62.5 cm³/mol. The lowest BCUT2D eigenvalue weighted by atomic mass is 10.3. The second kappa shape index (κ2) is 6.21. The number of sulfonamides is 1. The van der Waals surface area contributed by atoms with Gasteiger partial charge in [-0.25, -0.2) is 17.2 Å². The van der Waals surface area contributed by atoms with Crippen LogP contribution in [0.5, 0.6) is 0 Å². The Morgan fingerprint density at radius 3 is 2.39 bits per heavy atom. The van der Waals surface area contributed by atoms with E-state index in [4.69, 9.17) is 5.11 Å². The van der Waals surface area contributed by atoms with Crippen LogP contribution in [0.2, 0.25) is 0 Å². The fourth-order valence-electron chi connectivity index (χ4n) is 1.50. The fraction of sp³-hybridized carbons (Fsp3) is 0.455. The normalized spacial score (nSPS) is 12.1. The van der Waals surface area contributed by atoms with Crippen LogP contribution in [0, 0.1) is 11.6 Å². The van der Waals surface area contributed by atoms with Gasteiger partial charge in [0.05, 0.1) is 11.5 Å². The molecule has 4 nitrogen and oxygen atoms in total. The van der Waals surface area contributed by atoms with Gasteiger partial charge in [0, 0.05) is 13.1 Å². The zero-order chi connectivity index (χ0) is 13.8. The Kier molecular flexibility index (Phi) is 5.18. The smallest absolute Gasteiger partial charge is 0.243 e. The number of hydrogen-bond donors (Lipinski definition) is 1. The Morgan fingerprint density at radius 1 is 1.22 bits per heavy atom. The molecule has 0 fully saturated rings. The summed E-state index contributed by atoms with van der Waals surface area (Å²) in [5, 5.41) is 8.83. The maximum atomic E-state index is 13.0. The summed E-state index contributed by atoms with van der Waals surface area (Å²) in [7, 11) is -3.90. The first-order chi connectivity index (χ1) is 8.43. The molecule has 0 aliphatic rings. The number of benzene rings is 1. The molecule has 0 atom stereocenters. The summed E-state index contributed by atoms with van der Waals surface area (Å²) in [6, 6.07) is 2.42. The number of nitrogens with zero attached hydrogens (tertiary/aromatic N) is 1. The van der Waals surface area contributed by atoms with E-state index in [-0.39, 0.29) is 24.6 Å². The fourth-order valence-corrected chi connectivity index (χ4v) is 3.03. The molecule has 0 bridgehead atoms. The van der Waals surface area contributed by atoms with Crippen LogP contribution in [-0.2, 0) is 10.0 Å². The van der Waals surface area contributed by atoms with Crippen LogP contribution in [0.3, 0.4) is 0 Å². The van der Waals surface area contributed by atoms with Gasteiger partial charge in [0.25, 0.3) is 0 Å². The summed E-state index contributed by atoms with van der Waals surface area (Å²) < 4.78 is 51.0. The molecule has 1 N–H and O–H groups in total. The highest BCUT2D eigenvalue weighted by Gasteiger charge is 2.24. The van der Waals surface area contributed by atoms with Crippen LogP contribution in [0.15, 0.2) is 23.1 Å². The zero-order valence-corrected chi connectivity index (χ0v) is 10.8. The van der Waals surface area contributed by atoms with Crippen molar-refractivity contribution in [3.8, 4) is 0 Å². The second-order valence-corrected chi connectivity index (χ2v) is 5.64. The Hall–Kier alpha value is -1.05. The third-order valence-corrected chi connectivity index (χ3v) is 4.25. The first kappa shape index (κ1) is 15.0. The van der Waals surface area contributed by atoms with Gasteiger partial charge >= 0.3 is 0 Å². The standard InChI is InChI=1S/C11H15F2NO3S/c1-2-5-14(6-7-15)18(16,17)9-3-4-10(12)11(13)8-9/h3-4,8,15H,2,5-7H2,1H3. The van der Waals surface area contributed by atoms with Gasteiger partial charge in [0.15, 0.2) is 11.6 Å². The minimum absolute atomic E-state index is 0.0742. The van der Waals surface area contributed by atoms with Gasteiger partial charge in [-0.2, -0.15) is 4.31 Å². The molecular weight excluding hydrogens is 264 g/mol. The molecule has 0 heterocycles. The first-order valence-electron chi connectivity index (χ1n) is 5.49. The van der Waals surface area contributed by atoms with Crippen LogP contribution in [-0.4, -0.2) is 37.5 Å². The Labute approximate surface area is 105 Å². The molecule has 1 aromatic carbocycles. The van der Waals surface area contributed by atoms with E-state index in [0.29, 0.717) is 12.5 Å². The quantitative estimate of drug-likeness (QED) is 0.855. The zero-order valence-electron chi connectivity index (χ0n) is 9.94. The third-order valence-electron chi connectivity index (χ3n) is 2.35. The van der Waals surface area contributed by atoms with Crippen molar-refractivity contribution in [3.05, 3.63) is 29.8 Å². The Balaban J connectivity index is 3.13. The number of hydrogen-bond acceptors (Lipinski definition) is 3. The third kappa shape index (κ3) is 3.24. The minimum atomic E-state index is -3.90. The highest BCUT2D eigenvalue weighted by Crippen LogP contribution is 2.18. The van der Waals surface area contributed by atoms with Crippen molar-refractivity contribution in [2.24, 2.45) is 0 Å². The largest absolute Gasteiger partial charge is 0.395 e. The van der Waals surface area contributed by atoms with Gasteiger partial charge in [0.2, 0.25) is 10.0 Å². The van der Waals surface area contributed by atoms with Gasteiger partial charge < -0.3 is 5.11 Å². The molecule has 0 saturated heterocycles. The first-order valence-corrected chi connectivity index (χ1v) is 6.93. The maximum absolute atomic E-state index is 13.0. The molecule has 0 saturated carbocycles. The van der Waals surface area contributed by atoms with Gasteiger partial charge in [-0.1, -0.05) is 6.92 Å². The minimum Gasteiger partial charge on any atom is -0.395 e. The van der Waals surface area contributed by atoms with Crippen LogP contribution < -0.4 is 0 Å². The molecule has 102 valence electrons. The van der Waals surface area contributed by atoms with Crippen LogP contribution in [0.25, 0.3) is 0 Å². The highest BCUT2D eigenvalue weighted by atomic mass is 32.2. The predicted octanol–water partition coefficient (Wildman–Crippen LogP) is 1.36. The number of aliphatic hydroxyl groups is 1. The van der Waals surface area contributed by atoms with Crippen LogP contribution >= 0.6 is 0 Å². The summed E-state index contributed by atoms with van der Waals surface area (Å²) in [5.74, 6) is -2.31. The molecule has 7 heteroatoms. The molecule has 18 heavy (non-hydrogen) atoms. The van der Waals surface area contributed by atoms with Crippen molar-refractivity contribution in [2.75, 3.05) is 19.7 Å².